The molecule has 0 spiro atoms. The maximum Gasteiger partial charge on any atom is 0.108 e. The number of nitrogens with one attached hydrogen (secondary N) is 1. The van der Waals surface area contributed by atoms with Crippen LogP contribution in [0.25, 0.3) is 0 Å². The number of ether oxygens (including phenoxy) is 1. The lowest BCUT2D eigenvalue weighted by molar-refractivity contribution is 0.0791. The van der Waals surface area contributed by atoms with E-state index in [0.717, 1.165) is 32.4 Å². The van der Waals surface area contributed by atoms with E-state index in [-0.39, 0.29) is 5.54 Å². The molecule has 0 radical (unpaired) electrons. The Morgan fingerprint density at radius 3 is 2.57 bits per heavy atom. The van der Waals surface area contributed by atoms with Gasteiger partial charge in [0.1, 0.15) is 5.54 Å². The number of methoxy groups -OCH3 is 1. The quantitative estimate of drug-likeness (QED) is 0.710. The Morgan fingerprint density at radius 1 is 1.33 bits per heavy atom. The van der Waals surface area contributed by atoms with Crippen LogP contribution in [0.2, 0.25) is 0 Å². The lowest BCUT2D eigenvalue weighted by atomic mass is 9.98. The van der Waals surface area contributed by atoms with E-state index in [4.69, 9.17) is 4.74 Å². The summed E-state index contributed by atoms with van der Waals surface area (Å²) in [6.07, 6.45) is 7.93. The van der Waals surface area contributed by atoms with E-state index in [9.17, 15) is 5.26 Å². The average molecular weight is 293 g/mol. The number of hydrogen-bond acceptors (Lipinski definition) is 4. The first-order valence-electron chi connectivity index (χ1n) is 8.61. The summed E-state index contributed by atoms with van der Waals surface area (Å²) >= 11 is 0. The third-order valence-corrected chi connectivity index (χ3v) is 5.19. The number of rotatable bonds is 9. The van der Waals surface area contributed by atoms with Crippen LogP contribution in [0.5, 0.6) is 0 Å². The predicted octanol–water partition coefficient (Wildman–Crippen LogP) is 2.69. The molecule has 2 unspecified atom stereocenters. The van der Waals surface area contributed by atoms with Crippen molar-refractivity contribution in [3.05, 3.63) is 0 Å². The standard InChI is InChI=1S/C17H31N3O/c1-4-15(5-2)20(10-11-21-3)16-8-9-17(12-16,13-18)19-14-6-7-14/h14-16,19H,4-12H2,1-3H3. The predicted molar refractivity (Wildman–Crippen MR) is 85.1 cm³/mol. The highest BCUT2D eigenvalue weighted by molar-refractivity contribution is 5.15. The molecule has 0 aliphatic heterocycles. The maximum atomic E-state index is 9.67. The fourth-order valence-corrected chi connectivity index (χ4v) is 3.80. The summed E-state index contributed by atoms with van der Waals surface area (Å²) in [5.41, 5.74) is -0.275. The van der Waals surface area contributed by atoms with Gasteiger partial charge in [-0.25, -0.2) is 0 Å². The van der Waals surface area contributed by atoms with E-state index in [0.29, 0.717) is 18.1 Å². The number of hydrogen-bond donors (Lipinski definition) is 1. The van der Waals surface area contributed by atoms with Crippen molar-refractivity contribution in [2.24, 2.45) is 0 Å². The zero-order valence-corrected chi connectivity index (χ0v) is 13.9. The van der Waals surface area contributed by atoms with Gasteiger partial charge in [-0.3, -0.25) is 10.2 Å². The molecule has 0 bridgehead atoms. The van der Waals surface area contributed by atoms with Gasteiger partial charge in [0, 0.05) is 31.8 Å². The van der Waals surface area contributed by atoms with Gasteiger partial charge in [0.25, 0.3) is 0 Å². The second-order valence-corrected chi connectivity index (χ2v) is 6.71. The van der Waals surface area contributed by atoms with Crippen LogP contribution in [-0.2, 0) is 4.74 Å². The largest absolute Gasteiger partial charge is 0.383 e. The molecular weight excluding hydrogens is 262 g/mol. The van der Waals surface area contributed by atoms with Crippen molar-refractivity contribution in [2.75, 3.05) is 20.3 Å². The minimum atomic E-state index is -0.275. The average Bonchev–Trinajstić information content (AvgIpc) is 3.21. The van der Waals surface area contributed by atoms with Crippen molar-refractivity contribution in [1.82, 2.24) is 10.2 Å². The minimum Gasteiger partial charge on any atom is -0.383 e. The number of nitriles is 1. The molecule has 21 heavy (non-hydrogen) atoms. The highest BCUT2D eigenvalue weighted by atomic mass is 16.5. The molecule has 2 atom stereocenters. The Labute approximate surface area is 129 Å². The van der Waals surface area contributed by atoms with Crippen LogP contribution in [0.3, 0.4) is 0 Å². The van der Waals surface area contributed by atoms with Crippen LogP contribution in [0.4, 0.5) is 0 Å². The molecule has 0 aromatic rings. The van der Waals surface area contributed by atoms with Crippen molar-refractivity contribution in [3.63, 3.8) is 0 Å². The molecular formula is C17H31N3O. The summed E-state index contributed by atoms with van der Waals surface area (Å²) in [6, 6.07) is 4.33. The molecule has 0 saturated heterocycles. The van der Waals surface area contributed by atoms with E-state index in [1.54, 1.807) is 7.11 Å². The minimum absolute atomic E-state index is 0.275. The second-order valence-electron chi connectivity index (χ2n) is 6.71. The summed E-state index contributed by atoms with van der Waals surface area (Å²) in [5, 5.41) is 13.3. The van der Waals surface area contributed by atoms with Crippen molar-refractivity contribution < 1.29 is 4.74 Å². The molecule has 4 nitrogen and oxygen atoms in total. The van der Waals surface area contributed by atoms with E-state index in [1.165, 1.54) is 25.7 Å². The molecule has 2 fully saturated rings. The van der Waals surface area contributed by atoms with Crippen LogP contribution in [0, 0.1) is 11.3 Å². The molecule has 2 saturated carbocycles. The van der Waals surface area contributed by atoms with Crippen LogP contribution in [-0.4, -0.2) is 48.8 Å². The fourth-order valence-electron chi connectivity index (χ4n) is 3.80. The van der Waals surface area contributed by atoms with Gasteiger partial charge in [0.15, 0.2) is 0 Å². The highest BCUT2D eigenvalue weighted by Gasteiger charge is 2.45. The van der Waals surface area contributed by atoms with Crippen LogP contribution in [0.15, 0.2) is 0 Å². The van der Waals surface area contributed by atoms with Gasteiger partial charge in [-0.1, -0.05) is 13.8 Å². The van der Waals surface area contributed by atoms with Gasteiger partial charge < -0.3 is 4.74 Å². The molecule has 0 aromatic heterocycles. The fraction of sp³-hybridized carbons (Fsp3) is 0.941. The SMILES string of the molecule is CCC(CC)N(CCOC)C1CCC(C#N)(NC2CC2)C1. The first-order valence-corrected chi connectivity index (χ1v) is 8.61. The van der Waals surface area contributed by atoms with E-state index in [1.807, 2.05) is 0 Å². The second kappa shape index (κ2) is 7.58. The Hall–Kier alpha value is -0.630. The van der Waals surface area contributed by atoms with Crippen molar-refractivity contribution in [3.8, 4) is 6.07 Å². The van der Waals surface area contributed by atoms with Crippen molar-refractivity contribution in [2.45, 2.75) is 82.5 Å². The first kappa shape index (κ1) is 16.7. The molecule has 0 aromatic carbocycles. The summed E-state index contributed by atoms with van der Waals surface area (Å²) < 4.78 is 5.30. The summed E-state index contributed by atoms with van der Waals surface area (Å²) in [4.78, 5) is 2.61. The van der Waals surface area contributed by atoms with Crippen molar-refractivity contribution in [1.29, 1.82) is 5.26 Å². The smallest absolute Gasteiger partial charge is 0.108 e. The van der Waals surface area contributed by atoms with E-state index >= 15 is 0 Å². The molecule has 1 N–H and O–H groups in total. The third-order valence-electron chi connectivity index (χ3n) is 5.19. The molecule has 2 aliphatic rings. The molecule has 4 heteroatoms. The third kappa shape index (κ3) is 4.18. The first-order chi connectivity index (χ1) is 10.2. The van der Waals surface area contributed by atoms with Crippen LogP contribution in [0.1, 0.15) is 58.8 Å². The lowest BCUT2D eigenvalue weighted by Gasteiger charge is -2.36. The topological polar surface area (TPSA) is 48.3 Å². The van der Waals surface area contributed by atoms with Gasteiger partial charge >= 0.3 is 0 Å². The monoisotopic (exact) mass is 293 g/mol. The van der Waals surface area contributed by atoms with E-state index in [2.05, 4.69) is 30.1 Å². The van der Waals surface area contributed by atoms with Crippen LogP contribution >= 0.6 is 0 Å². The van der Waals surface area contributed by atoms with Crippen molar-refractivity contribution >= 4 is 0 Å². The Morgan fingerprint density at radius 2 is 2.05 bits per heavy atom. The zero-order valence-electron chi connectivity index (χ0n) is 13.9. The molecule has 0 amide bonds. The summed E-state index contributed by atoms with van der Waals surface area (Å²) in [5.74, 6) is 0. The maximum absolute atomic E-state index is 9.67. The molecule has 2 rings (SSSR count). The van der Waals surface area contributed by atoms with Gasteiger partial charge in [-0.15, -0.1) is 0 Å². The Bertz CT molecular complexity index is 360. The normalized spacial score (nSPS) is 29.2. The zero-order chi connectivity index (χ0) is 15.3. The molecule has 120 valence electrons. The van der Waals surface area contributed by atoms with Gasteiger partial charge in [0.05, 0.1) is 12.7 Å². The molecule has 0 heterocycles. The number of nitrogens with zero attached hydrogens (tertiary/aromatic N) is 2. The van der Waals surface area contributed by atoms with Gasteiger partial charge in [-0.2, -0.15) is 5.26 Å². The Kier molecular flexibility index (Phi) is 6.04. The summed E-state index contributed by atoms with van der Waals surface area (Å²) in [6.45, 7) is 6.30. The van der Waals surface area contributed by atoms with Gasteiger partial charge in [0.2, 0.25) is 0 Å². The highest BCUT2D eigenvalue weighted by Crippen LogP contribution is 2.37. The lowest BCUT2D eigenvalue weighted by Crippen LogP contribution is -2.47. The Balaban J connectivity index is 2.01. The van der Waals surface area contributed by atoms with E-state index < -0.39 is 0 Å². The van der Waals surface area contributed by atoms with Gasteiger partial charge in [-0.05, 0) is 44.9 Å². The molecule has 2 aliphatic carbocycles. The summed E-state index contributed by atoms with van der Waals surface area (Å²) in [7, 11) is 1.77. The van der Waals surface area contributed by atoms with Crippen LogP contribution < -0.4 is 5.32 Å².